The van der Waals surface area contributed by atoms with Gasteiger partial charge in [-0.1, -0.05) is 0 Å². The Morgan fingerprint density at radius 3 is 2.57 bits per heavy atom. The van der Waals surface area contributed by atoms with Crippen LogP contribution in [-0.2, 0) is 14.4 Å². The number of primary amides is 1. The molecule has 0 saturated carbocycles. The number of carbonyl (C=O) groups is 4. The summed E-state index contributed by atoms with van der Waals surface area (Å²) in [5.41, 5.74) is 5.19. The molecule has 1 aromatic heterocycles. The van der Waals surface area contributed by atoms with E-state index in [9.17, 15) is 19.2 Å². The lowest BCUT2D eigenvalue weighted by Gasteiger charge is -2.12. The van der Waals surface area contributed by atoms with Crippen LogP contribution in [0, 0.1) is 0 Å². The number of hydrogen-bond donors (Lipinski definition) is 4. The molecular formula is C12H15N3O6. The van der Waals surface area contributed by atoms with E-state index in [1.54, 1.807) is 0 Å². The molecule has 0 aliphatic heterocycles. The number of furan rings is 1. The number of nitrogens with two attached hydrogens (primary N) is 1. The average molecular weight is 297 g/mol. The lowest BCUT2D eigenvalue weighted by Crippen LogP contribution is -2.44. The molecule has 5 N–H and O–H groups in total. The molecule has 0 radical (unpaired) electrons. The largest absolute Gasteiger partial charge is 0.480 e. The maximum Gasteiger partial charge on any atom is 0.326 e. The molecule has 1 atom stereocenters. The average Bonchev–Trinajstić information content (AvgIpc) is 2.91. The summed E-state index contributed by atoms with van der Waals surface area (Å²) in [6, 6.07) is 0.0856. The fourth-order valence-corrected chi connectivity index (χ4v) is 1.45. The topological polar surface area (TPSA) is 152 Å². The van der Waals surface area contributed by atoms with Gasteiger partial charge in [0.2, 0.25) is 11.8 Å². The van der Waals surface area contributed by atoms with Gasteiger partial charge < -0.3 is 25.9 Å². The summed E-state index contributed by atoms with van der Waals surface area (Å²) in [4.78, 5) is 44.5. The van der Waals surface area contributed by atoms with Crippen LogP contribution < -0.4 is 16.4 Å². The molecule has 1 unspecified atom stereocenters. The summed E-state index contributed by atoms with van der Waals surface area (Å²) >= 11 is 0. The van der Waals surface area contributed by atoms with Crippen LogP contribution >= 0.6 is 0 Å². The third-order valence-electron chi connectivity index (χ3n) is 2.46. The molecule has 0 aliphatic carbocycles. The predicted molar refractivity (Wildman–Crippen MR) is 69.0 cm³/mol. The lowest BCUT2D eigenvalue weighted by atomic mass is 10.2. The molecular weight excluding hydrogens is 282 g/mol. The van der Waals surface area contributed by atoms with E-state index in [0.717, 1.165) is 0 Å². The first-order valence-corrected chi connectivity index (χ1v) is 6.01. The van der Waals surface area contributed by atoms with Crippen LogP contribution in [0.3, 0.4) is 0 Å². The number of aliphatic carboxylic acids is 1. The van der Waals surface area contributed by atoms with Gasteiger partial charge in [-0.05, 0) is 6.07 Å². The van der Waals surface area contributed by atoms with Gasteiger partial charge in [-0.25, -0.2) is 4.79 Å². The summed E-state index contributed by atoms with van der Waals surface area (Å²) in [5.74, 6) is -3.22. The summed E-state index contributed by atoms with van der Waals surface area (Å²) < 4.78 is 4.73. The summed E-state index contributed by atoms with van der Waals surface area (Å²) in [6.45, 7) is 0.0127. The van der Waals surface area contributed by atoms with Gasteiger partial charge in [0.15, 0.2) is 0 Å². The normalized spacial score (nSPS) is 11.4. The van der Waals surface area contributed by atoms with Gasteiger partial charge in [0.1, 0.15) is 12.3 Å². The van der Waals surface area contributed by atoms with Crippen molar-refractivity contribution in [3.63, 3.8) is 0 Å². The SMILES string of the molecule is NC(=O)CC(NC(=O)CCNC(=O)c1ccoc1)C(=O)O. The molecule has 0 aromatic carbocycles. The van der Waals surface area contributed by atoms with Crippen LogP contribution in [0.15, 0.2) is 23.0 Å². The molecule has 9 heteroatoms. The third-order valence-corrected chi connectivity index (χ3v) is 2.46. The highest BCUT2D eigenvalue weighted by Gasteiger charge is 2.21. The minimum atomic E-state index is -1.38. The van der Waals surface area contributed by atoms with E-state index in [4.69, 9.17) is 15.3 Å². The van der Waals surface area contributed by atoms with E-state index in [1.807, 2.05) is 0 Å². The van der Waals surface area contributed by atoms with E-state index in [0.29, 0.717) is 5.56 Å². The molecule has 114 valence electrons. The molecule has 21 heavy (non-hydrogen) atoms. The highest BCUT2D eigenvalue weighted by Crippen LogP contribution is 1.99. The number of rotatable bonds is 8. The van der Waals surface area contributed by atoms with E-state index < -0.39 is 36.2 Å². The highest BCUT2D eigenvalue weighted by atomic mass is 16.4. The Balaban J connectivity index is 2.34. The van der Waals surface area contributed by atoms with Gasteiger partial charge in [-0.3, -0.25) is 14.4 Å². The summed E-state index contributed by atoms with van der Waals surface area (Å²) in [6.07, 6.45) is 1.96. The van der Waals surface area contributed by atoms with Crippen LogP contribution in [0.2, 0.25) is 0 Å². The molecule has 1 heterocycles. The second-order valence-corrected chi connectivity index (χ2v) is 4.15. The monoisotopic (exact) mass is 297 g/mol. The number of nitrogens with one attached hydrogen (secondary N) is 2. The Morgan fingerprint density at radius 1 is 1.33 bits per heavy atom. The molecule has 1 aromatic rings. The third kappa shape index (κ3) is 5.76. The van der Waals surface area contributed by atoms with E-state index >= 15 is 0 Å². The molecule has 1 rings (SSSR count). The van der Waals surface area contributed by atoms with Crippen molar-refractivity contribution >= 4 is 23.7 Å². The Hall–Kier alpha value is -2.84. The van der Waals surface area contributed by atoms with Crippen LogP contribution in [-0.4, -0.2) is 41.4 Å². The van der Waals surface area contributed by atoms with Crippen LogP contribution in [0.1, 0.15) is 23.2 Å². The molecule has 9 nitrogen and oxygen atoms in total. The zero-order valence-electron chi connectivity index (χ0n) is 11.0. The van der Waals surface area contributed by atoms with Crippen molar-refractivity contribution in [2.75, 3.05) is 6.54 Å². The zero-order valence-corrected chi connectivity index (χ0v) is 11.0. The van der Waals surface area contributed by atoms with Crippen molar-refractivity contribution in [2.45, 2.75) is 18.9 Å². The Bertz CT molecular complexity index is 525. The predicted octanol–water partition coefficient (Wildman–Crippen LogP) is -1.16. The summed E-state index contributed by atoms with van der Waals surface area (Å²) in [7, 11) is 0. The first-order chi connectivity index (χ1) is 9.90. The first-order valence-electron chi connectivity index (χ1n) is 6.01. The van der Waals surface area contributed by atoms with Gasteiger partial charge in [0.25, 0.3) is 5.91 Å². The molecule has 0 aliphatic rings. The van der Waals surface area contributed by atoms with Crippen LogP contribution in [0.4, 0.5) is 0 Å². The Morgan fingerprint density at radius 2 is 2.05 bits per heavy atom. The molecule has 0 fully saturated rings. The standard InChI is InChI=1S/C12H15N3O6/c13-9(16)5-8(12(19)20)15-10(17)1-3-14-11(18)7-2-4-21-6-7/h2,4,6,8H,1,3,5H2,(H2,13,16)(H,14,18)(H,15,17)(H,19,20). The quantitative estimate of drug-likeness (QED) is 0.475. The van der Waals surface area contributed by atoms with Crippen LogP contribution in [0.5, 0.6) is 0 Å². The Kier molecular flexibility index (Phi) is 5.93. The molecule has 3 amide bonds. The minimum absolute atomic E-state index is 0.0127. The number of hydrogen-bond acceptors (Lipinski definition) is 5. The van der Waals surface area contributed by atoms with E-state index in [-0.39, 0.29) is 13.0 Å². The van der Waals surface area contributed by atoms with Gasteiger partial charge >= 0.3 is 5.97 Å². The van der Waals surface area contributed by atoms with Crippen molar-refractivity contribution < 1.29 is 28.7 Å². The van der Waals surface area contributed by atoms with Gasteiger partial charge in [0.05, 0.1) is 18.2 Å². The number of carbonyl (C=O) groups excluding carboxylic acids is 3. The zero-order chi connectivity index (χ0) is 15.8. The fraction of sp³-hybridized carbons (Fsp3) is 0.333. The van der Waals surface area contributed by atoms with Crippen LogP contribution in [0.25, 0.3) is 0 Å². The van der Waals surface area contributed by atoms with Gasteiger partial charge in [-0.15, -0.1) is 0 Å². The molecule has 0 bridgehead atoms. The van der Waals surface area contributed by atoms with Gasteiger partial charge in [-0.2, -0.15) is 0 Å². The number of amides is 3. The number of carboxylic acid groups (broad SMARTS) is 1. The highest BCUT2D eigenvalue weighted by molar-refractivity contribution is 5.94. The van der Waals surface area contributed by atoms with Crippen molar-refractivity contribution in [1.29, 1.82) is 0 Å². The van der Waals surface area contributed by atoms with Crippen molar-refractivity contribution in [3.05, 3.63) is 24.2 Å². The molecule has 0 spiro atoms. The fourth-order valence-electron chi connectivity index (χ4n) is 1.45. The smallest absolute Gasteiger partial charge is 0.326 e. The van der Waals surface area contributed by atoms with Gasteiger partial charge in [0, 0.05) is 13.0 Å². The summed E-state index contributed by atoms with van der Waals surface area (Å²) in [5, 5.41) is 13.4. The second-order valence-electron chi connectivity index (χ2n) is 4.15. The maximum absolute atomic E-state index is 11.5. The number of carboxylic acids is 1. The first kappa shape index (κ1) is 16.2. The van der Waals surface area contributed by atoms with Crippen molar-refractivity contribution in [1.82, 2.24) is 10.6 Å². The van der Waals surface area contributed by atoms with E-state index in [1.165, 1.54) is 18.6 Å². The molecule has 0 saturated heterocycles. The van der Waals surface area contributed by atoms with Crippen molar-refractivity contribution in [3.8, 4) is 0 Å². The van der Waals surface area contributed by atoms with Crippen molar-refractivity contribution in [2.24, 2.45) is 5.73 Å². The maximum atomic E-state index is 11.5. The second kappa shape index (κ2) is 7.68. The lowest BCUT2D eigenvalue weighted by molar-refractivity contribution is -0.143. The Labute approximate surface area is 119 Å². The van der Waals surface area contributed by atoms with E-state index in [2.05, 4.69) is 10.6 Å². The minimum Gasteiger partial charge on any atom is -0.480 e.